The lowest BCUT2D eigenvalue weighted by atomic mass is 10.3. The Hall–Kier alpha value is -0.430. The Morgan fingerprint density at radius 1 is 1.56 bits per heavy atom. The van der Waals surface area contributed by atoms with E-state index in [0.29, 0.717) is 0 Å². The second kappa shape index (κ2) is 10.5. The van der Waals surface area contributed by atoms with Crippen LogP contribution in [0.5, 0.6) is 0 Å². The second-order valence-corrected chi connectivity index (χ2v) is 1.63. The zero-order valence-electron chi connectivity index (χ0n) is 5.93. The molecule has 0 aliphatic heterocycles. The smallest absolute Gasteiger partial charge is 0.0148 e. The Morgan fingerprint density at radius 3 is 2.11 bits per heavy atom. The molecule has 0 aliphatic rings. The molecule has 0 aliphatic carbocycles. The van der Waals surface area contributed by atoms with Gasteiger partial charge in [0.05, 0.1) is 0 Å². The van der Waals surface area contributed by atoms with Gasteiger partial charge in [0.25, 0.3) is 0 Å². The van der Waals surface area contributed by atoms with E-state index >= 15 is 0 Å². The Balaban J connectivity index is 0. The molecule has 0 amide bonds. The van der Waals surface area contributed by atoms with Crippen molar-refractivity contribution in [1.29, 1.82) is 0 Å². The average Bonchev–Trinajstić information content (AvgIpc) is 1.93. The molecule has 0 aromatic rings. The van der Waals surface area contributed by atoms with Gasteiger partial charge in [-0.15, -0.1) is 13.2 Å². The van der Waals surface area contributed by atoms with Crippen LogP contribution in [-0.2, 0) is 0 Å². The summed E-state index contributed by atoms with van der Waals surface area (Å²) in [4.78, 5) is 0. The van der Waals surface area contributed by atoms with Gasteiger partial charge in [0.15, 0.2) is 0 Å². The van der Waals surface area contributed by atoms with E-state index in [0.717, 1.165) is 11.3 Å². The van der Waals surface area contributed by atoms with Crippen molar-refractivity contribution in [2.24, 2.45) is 0 Å². The average molecular weight is 142 g/mol. The Bertz CT molecular complexity index is 92.7. The van der Waals surface area contributed by atoms with Crippen molar-refractivity contribution < 1.29 is 0 Å². The fourth-order valence-electron chi connectivity index (χ4n) is 0.288. The molecule has 0 N–H and O–H groups in total. The Kier molecular flexibility index (Phi) is 13.3. The van der Waals surface area contributed by atoms with E-state index in [9.17, 15) is 0 Å². The Labute approximate surface area is 63.4 Å². The van der Waals surface area contributed by atoms with Gasteiger partial charge in [-0.2, -0.15) is 12.6 Å². The summed E-state index contributed by atoms with van der Waals surface area (Å²) in [6.45, 7) is 11.7. The SMILES string of the molecule is C=C.C=C(/C=C\C)CS. The molecule has 0 unspecified atom stereocenters. The van der Waals surface area contributed by atoms with Crippen LogP contribution in [0.3, 0.4) is 0 Å². The molecule has 0 radical (unpaired) electrons. The van der Waals surface area contributed by atoms with Crippen molar-refractivity contribution in [2.75, 3.05) is 5.75 Å². The van der Waals surface area contributed by atoms with E-state index in [-0.39, 0.29) is 0 Å². The topological polar surface area (TPSA) is 0 Å². The van der Waals surface area contributed by atoms with Crippen molar-refractivity contribution in [3.8, 4) is 0 Å². The molecular weight excluding hydrogens is 128 g/mol. The number of allylic oxidation sites excluding steroid dienone is 2. The summed E-state index contributed by atoms with van der Waals surface area (Å²) >= 11 is 4.00. The lowest BCUT2D eigenvalue weighted by Gasteiger charge is -1.85. The Morgan fingerprint density at radius 2 is 2.00 bits per heavy atom. The van der Waals surface area contributed by atoms with Crippen molar-refractivity contribution in [1.82, 2.24) is 0 Å². The van der Waals surface area contributed by atoms with E-state index in [1.807, 2.05) is 19.1 Å². The molecule has 0 saturated carbocycles. The fourth-order valence-corrected chi connectivity index (χ4v) is 0.394. The number of hydrogen-bond donors (Lipinski definition) is 1. The summed E-state index contributed by atoms with van der Waals surface area (Å²) in [5, 5.41) is 0. The standard InChI is InChI=1S/C6H10S.C2H4/c1-3-4-6(2)5-7;1-2/h3-4,7H,2,5H2,1H3;1-2H2/b4-3-;. The first kappa shape index (κ1) is 11.4. The van der Waals surface area contributed by atoms with E-state index in [1.165, 1.54) is 0 Å². The highest BCUT2D eigenvalue weighted by Gasteiger charge is 1.75. The summed E-state index contributed by atoms with van der Waals surface area (Å²) in [6, 6.07) is 0. The fraction of sp³-hybridized carbons (Fsp3) is 0.250. The number of hydrogen-bond acceptors (Lipinski definition) is 1. The van der Waals surface area contributed by atoms with Crippen molar-refractivity contribution in [3.63, 3.8) is 0 Å². The minimum Gasteiger partial charge on any atom is -0.175 e. The quantitative estimate of drug-likeness (QED) is 0.342. The maximum absolute atomic E-state index is 4.00. The van der Waals surface area contributed by atoms with Crippen molar-refractivity contribution >= 4 is 12.6 Å². The van der Waals surface area contributed by atoms with Crippen LogP contribution < -0.4 is 0 Å². The van der Waals surface area contributed by atoms with Crippen LogP contribution in [0, 0.1) is 0 Å². The van der Waals surface area contributed by atoms with E-state index in [1.54, 1.807) is 0 Å². The summed E-state index contributed by atoms with van der Waals surface area (Å²) < 4.78 is 0. The first-order chi connectivity index (χ1) is 4.31. The van der Waals surface area contributed by atoms with Gasteiger partial charge in [0.2, 0.25) is 0 Å². The molecule has 0 nitrogen and oxygen atoms in total. The number of rotatable bonds is 2. The first-order valence-corrected chi connectivity index (χ1v) is 3.36. The van der Waals surface area contributed by atoms with Gasteiger partial charge in [-0.25, -0.2) is 0 Å². The van der Waals surface area contributed by atoms with Gasteiger partial charge in [0.1, 0.15) is 0 Å². The molecule has 0 rings (SSSR count). The third-order valence-corrected chi connectivity index (χ3v) is 1.01. The van der Waals surface area contributed by atoms with E-state index < -0.39 is 0 Å². The largest absolute Gasteiger partial charge is 0.175 e. The van der Waals surface area contributed by atoms with Crippen LogP contribution in [0.2, 0.25) is 0 Å². The van der Waals surface area contributed by atoms with Crippen LogP contribution >= 0.6 is 12.6 Å². The van der Waals surface area contributed by atoms with Gasteiger partial charge < -0.3 is 0 Å². The molecule has 0 atom stereocenters. The molecule has 0 aromatic carbocycles. The molecule has 1 heteroatoms. The molecule has 0 spiro atoms. The minimum absolute atomic E-state index is 0.754. The second-order valence-electron chi connectivity index (χ2n) is 1.32. The molecular formula is C8H14S. The maximum Gasteiger partial charge on any atom is 0.0148 e. The zero-order chi connectivity index (χ0) is 7.70. The van der Waals surface area contributed by atoms with E-state index in [2.05, 4.69) is 32.4 Å². The van der Waals surface area contributed by atoms with Crippen LogP contribution in [0.1, 0.15) is 6.92 Å². The monoisotopic (exact) mass is 142 g/mol. The lowest BCUT2D eigenvalue weighted by Crippen LogP contribution is -1.71. The van der Waals surface area contributed by atoms with Gasteiger partial charge in [-0.3, -0.25) is 0 Å². The van der Waals surface area contributed by atoms with Crippen LogP contribution in [0.4, 0.5) is 0 Å². The molecule has 0 aromatic heterocycles. The summed E-state index contributed by atoms with van der Waals surface area (Å²) in [6.07, 6.45) is 3.91. The molecule has 0 bridgehead atoms. The van der Waals surface area contributed by atoms with Crippen LogP contribution in [0.15, 0.2) is 37.5 Å². The van der Waals surface area contributed by atoms with Crippen LogP contribution in [0.25, 0.3) is 0 Å². The third kappa shape index (κ3) is 11.2. The molecule has 0 saturated heterocycles. The molecule has 0 heterocycles. The maximum atomic E-state index is 4.00. The summed E-state index contributed by atoms with van der Waals surface area (Å²) in [5.74, 6) is 0.754. The third-order valence-electron chi connectivity index (χ3n) is 0.605. The highest BCUT2D eigenvalue weighted by atomic mass is 32.1. The van der Waals surface area contributed by atoms with Gasteiger partial charge in [-0.1, -0.05) is 18.7 Å². The summed E-state index contributed by atoms with van der Waals surface area (Å²) in [7, 11) is 0. The van der Waals surface area contributed by atoms with Crippen LogP contribution in [-0.4, -0.2) is 5.75 Å². The predicted molar refractivity (Wildman–Crippen MR) is 49.1 cm³/mol. The van der Waals surface area contributed by atoms with E-state index in [4.69, 9.17) is 0 Å². The normalized spacial score (nSPS) is 8.22. The van der Waals surface area contributed by atoms with Crippen molar-refractivity contribution in [3.05, 3.63) is 37.5 Å². The highest BCUT2D eigenvalue weighted by molar-refractivity contribution is 7.80. The zero-order valence-corrected chi connectivity index (χ0v) is 6.82. The van der Waals surface area contributed by atoms with Gasteiger partial charge in [0, 0.05) is 5.75 Å². The predicted octanol–water partition coefficient (Wildman–Crippen LogP) is 2.85. The minimum atomic E-state index is 0.754. The van der Waals surface area contributed by atoms with Gasteiger partial charge >= 0.3 is 0 Å². The highest BCUT2D eigenvalue weighted by Crippen LogP contribution is 1.93. The lowest BCUT2D eigenvalue weighted by molar-refractivity contribution is 1.56. The molecule has 9 heavy (non-hydrogen) atoms. The summed E-state index contributed by atoms with van der Waals surface area (Å²) in [5.41, 5.74) is 1.06. The molecule has 52 valence electrons. The first-order valence-electron chi connectivity index (χ1n) is 2.72. The molecule has 0 fully saturated rings. The number of thiol groups is 1. The van der Waals surface area contributed by atoms with Crippen molar-refractivity contribution in [2.45, 2.75) is 6.92 Å². The van der Waals surface area contributed by atoms with Gasteiger partial charge in [-0.05, 0) is 12.5 Å².